The van der Waals surface area contributed by atoms with Crippen molar-refractivity contribution in [2.24, 2.45) is 0 Å². The van der Waals surface area contributed by atoms with Crippen LogP contribution < -0.4 is 15.0 Å². The van der Waals surface area contributed by atoms with Gasteiger partial charge in [-0.15, -0.1) is 0 Å². The molecule has 3 aromatic carbocycles. The van der Waals surface area contributed by atoms with Crippen molar-refractivity contribution >= 4 is 35.2 Å². The van der Waals surface area contributed by atoms with Crippen LogP contribution in [0.1, 0.15) is 11.1 Å². The number of para-hydroxylation sites is 2. The van der Waals surface area contributed by atoms with Crippen LogP contribution in [0.2, 0.25) is 5.02 Å². The molecule has 0 radical (unpaired) electrons. The standard InChI is InChI=1S/C24H18ClFN2O3/c25-18-11-9-16(10-12-18)14-27-23(29)15-28-20-7-3-4-8-21(20)31-22(24(28)30)13-17-5-1-2-6-19(17)26/h1-13H,14-15H2,(H,27,29). The van der Waals surface area contributed by atoms with Crippen molar-refractivity contribution in [2.75, 3.05) is 11.4 Å². The lowest BCUT2D eigenvalue weighted by atomic mass is 10.1. The molecule has 0 bridgehead atoms. The van der Waals surface area contributed by atoms with Crippen LogP contribution >= 0.6 is 11.6 Å². The van der Waals surface area contributed by atoms with Crippen LogP contribution in [0.25, 0.3) is 6.08 Å². The van der Waals surface area contributed by atoms with Gasteiger partial charge in [0.15, 0.2) is 11.5 Å². The zero-order valence-electron chi connectivity index (χ0n) is 16.3. The summed E-state index contributed by atoms with van der Waals surface area (Å²) in [5.41, 5.74) is 1.57. The van der Waals surface area contributed by atoms with Crippen LogP contribution in [0.15, 0.2) is 78.6 Å². The zero-order chi connectivity index (χ0) is 21.8. The fourth-order valence-corrected chi connectivity index (χ4v) is 3.28. The maximum atomic E-state index is 14.1. The molecule has 0 unspecified atom stereocenters. The molecule has 4 rings (SSSR count). The molecule has 1 N–H and O–H groups in total. The van der Waals surface area contributed by atoms with Gasteiger partial charge in [-0.3, -0.25) is 14.5 Å². The molecule has 0 saturated carbocycles. The Hall–Kier alpha value is -3.64. The van der Waals surface area contributed by atoms with E-state index in [4.69, 9.17) is 16.3 Å². The fourth-order valence-electron chi connectivity index (χ4n) is 3.15. The molecule has 7 heteroatoms. The minimum atomic E-state index is -0.524. The van der Waals surface area contributed by atoms with E-state index in [2.05, 4.69) is 5.32 Å². The first-order chi connectivity index (χ1) is 15.0. The Morgan fingerprint density at radius 3 is 2.52 bits per heavy atom. The number of ether oxygens (including phenoxy) is 1. The average Bonchev–Trinajstić information content (AvgIpc) is 2.77. The largest absolute Gasteiger partial charge is 0.449 e. The van der Waals surface area contributed by atoms with Gasteiger partial charge in [0, 0.05) is 17.1 Å². The third kappa shape index (κ3) is 4.75. The van der Waals surface area contributed by atoms with E-state index in [9.17, 15) is 14.0 Å². The predicted molar refractivity (Wildman–Crippen MR) is 117 cm³/mol. The monoisotopic (exact) mass is 436 g/mol. The number of anilines is 1. The van der Waals surface area contributed by atoms with Crippen molar-refractivity contribution < 1.29 is 18.7 Å². The first-order valence-corrected chi connectivity index (χ1v) is 9.95. The number of carbonyl (C=O) groups is 2. The van der Waals surface area contributed by atoms with Crippen molar-refractivity contribution in [1.82, 2.24) is 5.32 Å². The Balaban J connectivity index is 1.55. The Morgan fingerprint density at radius 2 is 1.74 bits per heavy atom. The molecule has 156 valence electrons. The Bertz CT molecular complexity index is 1160. The Kier molecular flexibility index (Phi) is 6.00. The van der Waals surface area contributed by atoms with E-state index in [1.165, 1.54) is 17.0 Å². The molecule has 0 spiro atoms. The lowest BCUT2D eigenvalue weighted by Gasteiger charge is -2.30. The van der Waals surface area contributed by atoms with E-state index in [-0.39, 0.29) is 23.8 Å². The number of rotatable bonds is 5. The summed E-state index contributed by atoms with van der Waals surface area (Å²) >= 11 is 5.88. The van der Waals surface area contributed by atoms with Gasteiger partial charge in [0.1, 0.15) is 12.4 Å². The molecular weight excluding hydrogens is 419 g/mol. The van der Waals surface area contributed by atoms with E-state index in [1.54, 1.807) is 54.6 Å². The molecular formula is C24H18ClFN2O3. The van der Waals surface area contributed by atoms with E-state index in [1.807, 2.05) is 12.1 Å². The molecule has 1 heterocycles. The average molecular weight is 437 g/mol. The number of halogens is 2. The van der Waals surface area contributed by atoms with Gasteiger partial charge in [-0.25, -0.2) is 4.39 Å². The van der Waals surface area contributed by atoms with Crippen molar-refractivity contribution in [3.63, 3.8) is 0 Å². The lowest BCUT2D eigenvalue weighted by molar-refractivity contribution is -0.123. The van der Waals surface area contributed by atoms with E-state index in [0.29, 0.717) is 23.0 Å². The maximum Gasteiger partial charge on any atom is 0.294 e. The molecule has 0 saturated heterocycles. The summed E-state index contributed by atoms with van der Waals surface area (Å²) in [6, 6.07) is 20.1. The van der Waals surface area contributed by atoms with Gasteiger partial charge in [0.25, 0.3) is 5.91 Å². The smallest absolute Gasteiger partial charge is 0.294 e. The number of fused-ring (bicyclic) bond motifs is 1. The molecule has 0 aliphatic carbocycles. The number of carbonyl (C=O) groups excluding carboxylic acids is 2. The molecule has 31 heavy (non-hydrogen) atoms. The summed E-state index contributed by atoms with van der Waals surface area (Å²) in [4.78, 5) is 27.0. The number of nitrogens with one attached hydrogen (secondary N) is 1. The fraction of sp³-hybridized carbons (Fsp3) is 0.0833. The van der Waals surface area contributed by atoms with Gasteiger partial charge in [-0.05, 0) is 42.0 Å². The first kappa shape index (κ1) is 20.6. The maximum absolute atomic E-state index is 14.1. The lowest BCUT2D eigenvalue weighted by Crippen LogP contribution is -2.44. The first-order valence-electron chi connectivity index (χ1n) is 9.57. The molecule has 2 amide bonds. The van der Waals surface area contributed by atoms with Crippen LogP contribution in [-0.4, -0.2) is 18.4 Å². The van der Waals surface area contributed by atoms with Gasteiger partial charge in [-0.2, -0.15) is 0 Å². The summed E-state index contributed by atoms with van der Waals surface area (Å²) in [5.74, 6) is -0.990. The molecule has 0 atom stereocenters. The topological polar surface area (TPSA) is 58.6 Å². The SMILES string of the molecule is O=C(CN1C(=O)C(=Cc2ccccc2F)Oc2ccccc21)NCc1ccc(Cl)cc1. The van der Waals surface area contributed by atoms with E-state index in [0.717, 1.165) is 5.56 Å². The summed E-state index contributed by atoms with van der Waals surface area (Å²) in [7, 11) is 0. The summed E-state index contributed by atoms with van der Waals surface area (Å²) in [5, 5.41) is 3.41. The number of amides is 2. The van der Waals surface area contributed by atoms with E-state index < -0.39 is 11.7 Å². The number of hydrogen-bond acceptors (Lipinski definition) is 3. The predicted octanol–water partition coefficient (Wildman–Crippen LogP) is 4.56. The molecule has 0 aromatic heterocycles. The highest BCUT2D eigenvalue weighted by Gasteiger charge is 2.31. The minimum Gasteiger partial charge on any atom is -0.449 e. The number of benzene rings is 3. The molecule has 5 nitrogen and oxygen atoms in total. The highest BCUT2D eigenvalue weighted by molar-refractivity contribution is 6.30. The van der Waals surface area contributed by atoms with Gasteiger partial charge in [-0.1, -0.05) is 54.1 Å². The summed E-state index contributed by atoms with van der Waals surface area (Å²) in [6.45, 7) is 0.0928. The minimum absolute atomic E-state index is 0.0608. The second kappa shape index (κ2) is 9.02. The van der Waals surface area contributed by atoms with Gasteiger partial charge in [0.05, 0.1) is 5.69 Å². The Labute approximate surface area is 183 Å². The zero-order valence-corrected chi connectivity index (χ0v) is 17.1. The second-order valence-corrected chi connectivity index (χ2v) is 7.33. The van der Waals surface area contributed by atoms with Crippen LogP contribution in [0.4, 0.5) is 10.1 Å². The van der Waals surface area contributed by atoms with Crippen molar-refractivity contribution in [2.45, 2.75) is 6.54 Å². The second-order valence-electron chi connectivity index (χ2n) is 6.89. The van der Waals surface area contributed by atoms with Crippen LogP contribution in [0, 0.1) is 5.82 Å². The van der Waals surface area contributed by atoms with Crippen molar-refractivity contribution in [3.05, 3.63) is 101 Å². The van der Waals surface area contributed by atoms with Gasteiger partial charge < -0.3 is 10.1 Å². The van der Waals surface area contributed by atoms with Gasteiger partial charge >= 0.3 is 0 Å². The number of hydrogen-bond donors (Lipinski definition) is 1. The quantitative estimate of drug-likeness (QED) is 0.596. The van der Waals surface area contributed by atoms with Gasteiger partial charge in [0.2, 0.25) is 5.91 Å². The highest BCUT2D eigenvalue weighted by atomic mass is 35.5. The van der Waals surface area contributed by atoms with E-state index >= 15 is 0 Å². The molecule has 1 aliphatic heterocycles. The third-order valence-corrected chi connectivity index (χ3v) is 4.98. The number of nitrogens with zero attached hydrogens (tertiary/aromatic N) is 1. The third-order valence-electron chi connectivity index (χ3n) is 4.73. The normalized spacial score (nSPS) is 14.2. The highest BCUT2D eigenvalue weighted by Crippen LogP contribution is 2.35. The van der Waals surface area contributed by atoms with Crippen molar-refractivity contribution in [3.8, 4) is 5.75 Å². The summed E-state index contributed by atoms with van der Waals surface area (Å²) in [6.07, 6.45) is 1.34. The van der Waals surface area contributed by atoms with Crippen LogP contribution in [0.3, 0.4) is 0 Å². The Morgan fingerprint density at radius 1 is 1.03 bits per heavy atom. The molecule has 1 aliphatic rings. The van der Waals surface area contributed by atoms with Crippen LogP contribution in [-0.2, 0) is 16.1 Å². The molecule has 0 fully saturated rings. The van der Waals surface area contributed by atoms with Crippen LogP contribution in [0.5, 0.6) is 5.75 Å². The van der Waals surface area contributed by atoms with Crippen molar-refractivity contribution in [1.29, 1.82) is 0 Å². The molecule has 3 aromatic rings. The summed E-state index contributed by atoms with van der Waals surface area (Å²) < 4.78 is 19.8.